The summed E-state index contributed by atoms with van der Waals surface area (Å²) in [5, 5.41) is 3.33. The van der Waals surface area contributed by atoms with Gasteiger partial charge in [0.1, 0.15) is 5.82 Å². The topological polar surface area (TPSA) is 34.1 Å². The Hall–Kier alpha value is -1.16. The zero-order valence-electron chi connectivity index (χ0n) is 9.66. The van der Waals surface area contributed by atoms with Crippen LogP contribution in [0.4, 0.5) is 4.39 Å². The first-order valence-corrected chi connectivity index (χ1v) is 5.69. The lowest BCUT2D eigenvalue weighted by Crippen LogP contribution is -2.18. The number of ether oxygens (including phenoxy) is 1. The van der Waals surface area contributed by atoms with Crippen molar-refractivity contribution < 1.29 is 9.13 Å². The van der Waals surface area contributed by atoms with E-state index in [-0.39, 0.29) is 11.9 Å². The van der Waals surface area contributed by atoms with E-state index in [1.54, 1.807) is 0 Å². The maximum absolute atomic E-state index is 13.1. The molecule has 1 aromatic rings. The molecule has 1 saturated carbocycles. The molecule has 16 heavy (non-hydrogen) atoms. The zero-order valence-corrected chi connectivity index (χ0v) is 9.66. The van der Waals surface area contributed by atoms with Crippen molar-refractivity contribution in [1.82, 2.24) is 10.3 Å². The van der Waals surface area contributed by atoms with Gasteiger partial charge < -0.3 is 10.1 Å². The molecule has 0 saturated heterocycles. The van der Waals surface area contributed by atoms with Crippen molar-refractivity contribution in [2.24, 2.45) is 0 Å². The summed E-state index contributed by atoms with van der Waals surface area (Å²) in [6.45, 7) is 4.49. The third-order valence-electron chi connectivity index (χ3n) is 2.40. The highest BCUT2D eigenvalue weighted by atomic mass is 19.1. The van der Waals surface area contributed by atoms with Gasteiger partial charge in [-0.1, -0.05) is 0 Å². The number of hydrogen-bond acceptors (Lipinski definition) is 3. The molecule has 0 spiro atoms. The molecule has 0 aromatic carbocycles. The van der Waals surface area contributed by atoms with Crippen LogP contribution in [0.15, 0.2) is 12.3 Å². The lowest BCUT2D eigenvalue weighted by Gasteiger charge is -2.13. The second-order valence-electron chi connectivity index (χ2n) is 4.44. The molecule has 1 N–H and O–H groups in total. The van der Waals surface area contributed by atoms with Crippen LogP contribution >= 0.6 is 0 Å². The van der Waals surface area contributed by atoms with E-state index in [2.05, 4.69) is 10.3 Å². The Morgan fingerprint density at radius 2 is 2.31 bits per heavy atom. The van der Waals surface area contributed by atoms with E-state index in [9.17, 15) is 4.39 Å². The summed E-state index contributed by atoms with van der Waals surface area (Å²) in [5.74, 6) is 0.216. The van der Waals surface area contributed by atoms with Crippen molar-refractivity contribution in [3.63, 3.8) is 0 Å². The van der Waals surface area contributed by atoms with Gasteiger partial charge in [-0.2, -0.15) is 0 Å². The van der Waals surface area contributed by atoms with Crippen LogP contribution in [-0.2, 0) is 6.54 Å². The summed E-state index contributed by atoms with van der Waals surface area (Å²) in [7, 11) is 0. The van der Waals surface area contributed by atoms with Crippen molar-refractivity contribution in [3.05, 3.63) is 23.6 Å². The first-order valence-electron chi connectivity index (χ1n) is 5.69. The van der Waals surface area contributed by atoms with Crippen molar-refractivity contribution in [2.75, 3.05) is 0 Å². The number of nitrogens with one attached hydrogen (secondary N) is 1. The smallest absolute Gasteiger partial charge is 0.218 e. The maximum atomic E-state index is 13.1. The quantitative estimate of drug-likeness (QED) is 0.833. The van der Waals surface area contributed by atoms with Crippen LogP contribution < -0.4 is 10.1 Å². The first kappa shape index (κ1) is 11.3. The molecule has 1 heterocycles. The Labute approximate surface area is 95.0 Å². The van der Waals surface area contributed by atoms with E-state index in [4.69, 9.17) is 4.74 Å². The molecule has 3 nitrogen and oxygen atoms in total. The van der Waals surface area contributed by atoms with Gasteiger partial charge in [-0.15, -0.1) is 0 Å². The lowest BCUT2D eigenvalue weighted by molar-refractivity contribution is 0.229. The molecule has 0 aliphatic heterocycles. The summed E-state index contributed by atoms with van der Waals surface area (Å²) in [5.41, 5.74) is 0.792. The second kappa shape index (κ2) is 4.78. The highest BCUT2D eigenvalue weighted by Gasteiger charge is 2.21. The number of pyridine rings is 1. The predicted octanol–water partition coefficient (Wildman–Crippen LogP) is 2.26. The van der Waals surface area contributed by atoms with Gasteiger partial charge in [0.2, 0.25) is 5.88 Å². The van der Waals surface area contributed by atoms with Crippen molar-refractivity contribution in [1.29, 1.82) is 0 Å². The molecule has 1 aliphatic carbocycles. The number of aromatic nitrogens is 1. The van der Waals surface area contributed by atoms with Crippen LogP contribution in [0.3, 0.4) is 0 Å². The SMILES string of the molecule is CC(C)Oc1ncc(F)cc1CNC1CC1. The first-order chi connectivity index (χ1) is 7.65. The highest BCUT2D eigenvalue weighted by Crippen LogP contribution is 2.22. The molecular weight excluding hydrogens is 207 g/mol. The molecular formula is C12H17FN2O. The van der Waals surface area contributed by atoms with Crippen LogP contribution in [0, 0.1) is 5.82 Å². The fourth-order valence-corrected chi connectivity index (χ4v) is 1.47. The molecule has 1 aromatic heterocycles. The van der Waals surface area contributed by atoms with E-state index in [0.29, 0.717) is 18.5 Å². The minimum atomic E-state index is -0.316. The zero-order chi connectivity index (χ0) is 11.5. The van der Waals surface area contributed by atoms with E-state index in [0.717, 1.165) is 5.56 Å². The molecule has 1 aliphatic rings. The van der Waals surface area contributed by atoms with Crippen LogP contribution in [0.25, 0.3) is 0 Å². The summed E-state index contributed by atoms with van der Waals surface area (Å²) < 4.78 is 18.6. The lowest BCUT2D eigenvalue weighted by atomic mass is 10.2. The predicted molar refractivity (Wildman–Crippen MR) is 59.8 cm³/mol. The number of halogens is 1. The molecule has 4 heteroatoms. The minimum Gasteiger partial charge on any atom is -0.475 e. The summed E-state index contributed by atoms with van der Waals surface area (Å²) in [6.07, 6.45) is 3.67. The fourth-order valence-electron chi connectivity index (χ4n) is 1.47. The Bertz CT molecular complexity index is 364. The monoisotopic (exact) mass is 224 g/mol. The number of nitrogens with zero attached hydrogens (tertiary/aromatic N) is 1. The molecule has 88 valence electrons. The van der Waals surface area contributed by atoms with Gasteiger partial charge in [0, 0.05) is 18.2 Å². The third kappa shape index (κ3) is 3.17. The Morgan fingerprint density at radius 3 is 2.94 bits per heavy atom. The third-order valence-corrected chi connectivity index (χ3v) is 2.40. The number of rotatable bonds is 5. The number of hydrogen-bond donors (Lipinski definition) is 1. The molecule has 0 amide bonds. The average molecular weight is 224 g/mol. The second-order valence-corrected chi connectivity index (χ2v) is 4.44. The minimum absolute atomic E-state index is 0.0534. The Kier molecular flexibility index (Phi) is 3.39. The van der Waals surface area contributed by atoms with Gasteiger partial charge in [0.15, 0.2) is 0 Å². The van der Waals surface area contributed by atoms with Crippen LogP contribution in [0.1, 0.15) is 32.3 Å². The molecule has 1 fully saturated rings. The van der Waals surface area contributed by atoms with Gasteiger partial charge in [0.25, 0.3) is 0 Å². The Balaban J connectivity index is 2.07. The molecule has 2 rings (SSSR count). The van der Waals surface area contributed by atoms with E-state index < -0.39 is 0 Å². The van der Waals surface area contributed by atoms with Crippen LogP contribution in [-0.4, -0.2) is 17.1 Å². The van der Waals surface area contributed by atoms with Crippen molar-refractivity contribution in [2.45, 2.75) is 45.4 Å². The van der Waals surface area contributed by atoms with Gasteiger partial charge in [0.05, 0.1) is 12.3 Å². The van der Waals surface area contributed by atoms with Crippen LogP contribution in [0.2, 0.25) is 0 Å². The molecule has 0 unspecified atom stereocenters. The van der Waals surface area contributed by atoms with Crippen molar-refractivity contribution >= 4 is 0 Å². The summed E-state index contributed by atoms with van der Waals surface area (Å²) >= 11 is 0. The largest absolute Gasteiger partial charge is 0.475 e. The standard InChI is InChI=1S/C12H17FN2O/c1-8(2)16-12-9(5-10(13)7-15-12)6-14-11-3-4-11/h5,7-8,11,14H,3-4,6H2,1-2H3. The normalized spacial score (nSPS) is 15.5. The van der Waals surface area contributed by atoms with E-state index >= 15 is 0 Å². The van der Waals surface area contributed by atoms with Crippen LogP contribution in [0.5, 0.6) is 5.88 Å². The molecule has 0 bridgehead atoms. The van der Waals surface area contributed by atoms with Gasteiger partial charge in [-0.3, -0.25) is 0 Å². The average Bonchev–Trinajstić information content (AvgIpc) is 3.01. The summed E-state index contributed by atoms with van der Waals surface area (Å²) in [6, 6.07) is 2.08. The maximum Gasteiger partial charge on any atom is 0.218 e. The van der Waals surface area contributed by atoms with Gasteiger partial charge >= 0.3 is 0 Å². The van der Waals surface area contributed by atoms with Gasteiger partial charge in [-0.05, 0) is 32.8 Å². The van der Waals surface area contributed by atoms with Gasteiger partial charge in [-0.25, -0.2) is 9.37 Å². The van der Waals surface area contributed by atoms with E-state index in [1.165, 1.54) is 25.1 Å². The van der Waals surface area contributed by atoms with Crippen molar-refractivity contribution in [3.8, 4) is 5.88 Å². The molecule has 0 atom stereocenters. The molecule has 0 radical (unpaired) electrons. The Morgan fingerprint density at radius 1 is 1.56 bits per heavy atom. The summed E-state index contributed by atoms with van der Waals surface area (Å²) in [4.78, 5) is 3.98. The van der Waals surface area contributed by atoms with E-state index in [1.807, 2.05) is 13.8 Å². The highest BCUT2D eigenvalue weighted by molar-refractivity contribution is 5.26. The fraction of sp³-hybridized carbons (Fsp3) is 0.583.